The van der Waals surface area contributed by atoms with E-state index in [0.717, 1.165) is 43.1 Å². The Morgan fingerprint density at radius 3 is 2.57 bits per heavy atom. The molecular formula is C25H29N5O4S. The van der Waals surface area contributed by atoms with Gasteiger partial charge in [0.15, 0.2) is 5.16 Å². The number of hydrogen-bond acceptors (Lipinski definition) is 8. The van der Waals surface area contributed by atoms with Crippen LogP contribution in [0.1, 0.15) is 35.2 Å². The molecule has 0 radical (unpaired) electrons. The fourth-order valence-corrected chi connectivity index (χ4v) is 4.74. The standard InChI is InChI=1S/C25H29N5O4S/c1-17-11-12-18(23(32)34-3)15-19(17)26-22(31)16-35-25-28-27-24(29-13-7-4-8-14-29)30(25)20-9-5-6-10-21(20)33-2/h5-6,9-12,15H,4,7-8,13-14,16H2,1-3H3,(H,26,31). The molecule has 0 bridgehead atoms. The fraction of sp³-hybridized carbons (Fsp3) is 0.360. The van der Waals surface area contributed by atoms with Crippen LogP contribution >= 0.6 is 11.8 Å². The molecule has 1 aliphatic rings. The molecule has 2 aromatic carbocycles. The molecule has 9 nitrogen and oxygen atoms in total. The van der Waals surface area contributed by atoms with Crippen molar-refractivity contribution in [2.24, 2.45) is 0 Å². The molecule has 2 heterocycles. The number of benzene rings is 2. The van der Waals surface area contributed by atoms with Crippen molar-refractivity contribution in [1.82, 2.24) is 14.8 Å². The summed E-state index contributed by atoms with van der Waals surface area (Å²) in [6, 6.07) is 12.8. The van der Waals surface area contributed by atoms with Crippen molar-refractivity contribution in [3.63, 3.8) is 0 Å². The van der Waals surface area contributed by atoms with E-state index in [-0.39, 0.29) is 11.7 Å². The zero-order valence-corrected chi connectivity index (χ0v) is 20.9. The number of carbonyl (C=O) groups excluding carboxylic acids is 2. The second-order valence-corrected chi connectivity index (χ2v) is 9.14. The van der Waals surface area contributed by atoms with Crippen LogP contribution in [-0.4, -0.2) is 59.7 Å². The van der Waals surface area contributed by atoms with Crippen molar-refractivity contribution in [3.8, 4) is 11.4 Å². The molecule has 0 spiro atoms. The molecule has 3 aromatic rings. The Kier molecular flexibility index (Phi) is 7.91. The highest BCUT2D eigenvalue weighted by molar-refractivity contribution is 7.99. The molecule has 1 aliphatic heterocycles. The van der Waals surface area contributed by atoms with Gasteiger partial charge in [-0.2, -0.15) is 0 Å². The number of nitrogens with one attached hydrogen (secondary N) is 1. The first-order chi connectivity index (χ1) is 17.0. The highest BCUT2D eigenvalue weighted by Gasteiger charge is 2.24. The van der Waals surface area contributed by atoms with Crippen molar-refractivity contribution in [2.45, 2.75) is 31.3 Å². The summed E-state index contributed by atoms with van der Waals surface area (Å²) in [6.45, 7) is 3.69. The molecule has 35 heavy (non-hydrogen) atoms. The van der Waals surface area contributed by atoms with Gasteiger partial charge in [0.2, 0.25) is 11.9 Å². The quantitative estimate of drug-likeness (QED) is 0.369. The van der Waals surface area contributed by atoms with Gasteiger partial charge in [0.05, 0.1) is 31.2 Å². The molecule has 1 fully saturated rings. The number of piperidine rings is 1. The molecular weight excluding hydrogens is 466 g/mol. The van der Waals surface area contributed by atoms with E-state index in [2.05, 4.69) is 20.4 Å². The van der Waals surface area contributed by atoms with Gasteiger partial charge < -0.3 is 19.7 Å². The Morgan fingerprint density at radius 2 is 1.83 bits per heavy atom. The monoisotopic (exact) mass is 495 g/mol. The van der Waals surface area contributed by atoms with Crippen LogP contribution in [0.5, 0.6) is 5.75 Å². The predicted molar refractivity (Wildman–Crippen MR) is 136 cm³/mol. The molecule has 0 atom stereocenters. The first-order valence-corrected chi connectivity index (χ1v) is 12.5. The van der Waals surface area contributed by atoms with E-state index < -0.39 is 5.97 Å². The van der Waals surface area contributed by atoms with Crippen molar-refractivity contribution in [1.29, 1.82) is 0 Å². The van der Waals surface area contributed by atoms with E-state index >= 15 is 0 Å². The average Bonchev–Trinajstić information content (AvgIpc) is 3.32. The number of para-hydroxylation sites is 2. The summed E-state index contributed by atoms with van der Waals surface area (Å²) in [5.41, 5.74) is 2.62. The van der Waals surface area contributed by atoms with Gasteiger partial charge >= 0.3 is 5.97 Å². The number of nitrogens with zero attached hydrogens (tertiary/aromatic N) is 4. The highest BCUT2D eigenvalue weighted by atomic mass is 32.2. The average molecular weight is 496 g/mol. The summed E-state index contributed by atoms with van der Waals surface area (Å²) in [4.78, 5) is 26.9. The number of methoxy groups -OCH3 is 2. The molecule has 1 amide bonds. The maximum atomic E-state index is 12.8. The van der Waals surface area contributed by atoms with Gasteiger partial charge in [0, 0.05) is 18.8 Å². The van der Waals surface area contributed by atoms with Crippen LogP contribution in [0, 0.1) is 6.92 Å². The minimum atomic E-state index is -0.454. The lowest BCUT2D eigenvalue weighted by molar-refractivity contribution is -0.113. The molecule has 1 N–H and O–H groups in total. The Bertz CT molecular complexity index is 1210. The predicted octanol–water partition coefficient (Wildman–Crippen LogP) is 4.09. The normalized spacial score (nSPS) is 13.4. The van der Waals surface area contributed by atoms with Crippen molar-refractivity contribution < 1.29 is 19.1 Å². The van der Waals surface area contributed by atoms with Gasteiger partial charge in [-0.15, -0.1) is 10.2 Å². The lowest BCUT2D eigenvalue weighted by Gasteiger charge is -2.28. The van der Waals surface area contributed by atoms with Crippen LogP contribution < -0.4 is 15.0 Å². The molecule has 10 heteroatoms. The summed E-state index contributed by atoms with van der Waals surface area (Å²) in [5.74, 6) is 0.903. The number of rotatable bonds is 8. The Balaban J connectivity index is 1.56. The summed E-state index contributed by atoms with van der Waals surface area (Å²) in [6.07, 6.45) is 3.42. The minimum absolute atomic E-state index is 0.120. The largest absolute Gasteiger partial charge is 0.495 e. The van der Waals surface area contributed by atoms with Crippen molar-refractivity contribution in [2.75, 3.05) is 43.3 Å². The lowest BCUT2D eigenvalue weighted by atomic mass is 10.1. The summed E-state index contributed by atoms with van der Waals surface area (Å²) < 4.78 is 12.3. The van der Waals surface area contributed by atoms with E-state index in [9.17, 15) is 9.59 Å². The van der Waals surface area contributed by atoms with Gasteiger partial charge in [-0.3, -0.25) is 9.36 Å². The molecule has 0 unspecified atom stereocenters. The number of esters is 1. The first kappa shape index (κ1) is 24.6. The van der Waals surface area contributed by atoms with Gasteiger partial charge in [0.1, 0.15) is 5.75 Å². The Labute approximate surface area is 208 Å². The van der Waals surface area contributed by atoms with Gasteiger partial charge in [0.25, 0.3) is 0 Å². The number of aryl methyl sites for hydroxylation is 1. The molecule has 4 rings (SSSR count). The first-order valence-electron chi connectivity index (χ1n) is 11.5. The number of aromatic nitrogens is 3. The molecule has 1 aromatic heterocycles. The Hall–Kier alpha value is -3.53. The van der Waals surface area contributed by atoms with Gasteiger partial charge in [-0.25, -0.2) is 4.79 Å². The third-order valence-corrected chi connectivity index (χ3v) is 6.78. The number of ether oxygens (including phenoxy) is 2. The van der Waals surface area contributed by atoms with E-state index in [1.54, 1.807) is 25.3 Å². The number of hydrogen-bond donors (Lipinski definition) is 1. The molecule has 184 valence electrons. The maximum absolute atomic E-state index is 12.8. The molecule has 1 saturated heterocycles. The number of carbonyl (C=O) groups is 2. The van der Waals surface area contributed by atoms with Crippen LogP contribution in [0.3, 0.4) is 0 Å². The highest BCUT2D eigenvalue weighted by Crippen LogP contribution is 2.33. The van der Waals surface area contributed by atoms with Crippen LogP contribution in [0.4, 0.5) is 11.6 Å². The summed E-state index contributed by atoms with van der Waals surface area (Å²) in [5, 5.41) is 12.4. The van der Waals surface area contributed by atoms with Crippen molar-refractivity contribution >= 4 is 35.3 Å². The topological polar surface area (TPSA) is 98.6 Å². The summed E-state index contributed by atoms with van der Waals surface area (Å²) >= 11 is 1.30. The third-order valence-electron chi connectivity index (χ3n) is 5.85. The smallest absolute Gasteiger partial charge is 0.337 e. The summed E-state index contributed by atoms with van der Waals surface area (Å²) in [7, 11) is 2.96. The molecule has 0 aliphatic carbocycles. The Morgan fingerprint density at radius 1 is 1.06 bits per heavy atom. The third kappa shape index (κ3) is 5.59. The van der Waals surface area contributed by atoms with Crippen molar-refractivity contribution in [3.05, 3.63) is 53.6 Å². The van der Waals surface area contributed by atoms with E-state index in [1.165, 1.54) is 25.3 Å². The van der Waals surface area contributed by atoms with Crippen LogP contribution in [0.2, 0.25) is 0 Å². The van der Waals surface area contributed by atoms with E-state index in [1.807, 2.05) is 35.8 Å². The van der Waals surface area contributed by atoms with E-state index in [4.69, 9.17) is 9.47 Å². The zero-order valence-electron chi connectivity index (χ0n) is 20.1. The van der Waals surface area contributed by atoms with Crippen LogP contribution in [-0.2, 0) is 9.53 Å². The fourth-order valence-electron chi connectivity index (χ4n) is 4.00. The molecule has 0 saturated carbocycles. The van der Waals surface area contributed by atoms with Crippen LogP contribution in [0.15, 0.2) is 47.6 Å². The number of amides is 1. The minimum Gasteiger partial charge on any atom is -0.495 e. The second kappa shape index (κ2) is 11.3. The van der Waals surface area contributed by atoms with Gasteiger partial charge in [-0.1, -0.05) is 30.0 Å². The lowest BCUT2D eigenvalue weighted by Crippen LogP contribution is -2.31. The van der Waals surface area contributed by atoms with E-state index in [0.29, 0.717) is 22.2 Å². The zero-order chi connectivity index (χ0) is 24.8. The van der Waals surface area contributed by atoms with Crippen LogP contribution in [0.25, 0.3) is 5.69 Å². The second-order valence-electron chi connectivity index (χ2n) is 8.20. The van der Waals surface area contributed by atoms with Gasteiger partial charge in [-0.05, 0) is 56.0 Å². The SMILES string of the molecule is COC(=O)c1ccc(C)c(NC(=O)CSc2nnc(N3CCCCC3)n2-c2ccccc2OC)c1. The number of thioether (sulfide) groups is 1. The number of anilines is 2. The maximum Gasteiger partial charge on any atom is 0.337 e.